The van der Waals surface area contributed by atoms with Crippen LogP contribution in [-0.2, 0) is 6.42 Å². The maximum absolute atomic E-state index is 13.5. The van der Waals surface area contributed by atoms with Gasteiger partial charge in [-0.3, -0.25) is 0 Å². The highest BCUT2D eigenvalue weighted by atomic mass is 19.1. The lowest BCUT2D eigenvalue weighted by Crippen LogP contribution is -2.35. The molecular weight excluding hydrogens is 277 g/mol. The molecule has 2 aliphatic rings. The van der Waals surface area contributed by atoms with Crippen LogP contribution in [0.5, 0.6) is 0 Å². The van der Waals surface area contributed by atoms with E-state index in [4.69, 9.17) is 0 Å². The van der Waals surface area contributed by atoms with Crippen molar-refractivity contribution in [2.24, 2.45) is 5.92 Å². The lowest BCUT2D eigenvalue weighted by molar-refractivity contribution is 0.329. The van der Waals surface area contributed by atoms with Gasteiger partial charge in [0.1, 0.15) is 5.82 Å². The Kier molecular flexibility index (Phi) is 3.89. The summed E-state index contributed by atoms with van der Waals surface area (Å²) in [5, 5.41) is 8.26. The number of piperidine rings is 1. The molecule has 118 valence electrons. The minimum Gasteiger partial charge on any atom is -0.357 e. The third kappa shape index (κ3) is 2.66. The van der Waals surface area contributed by atoms with E-state index in [1.807, 2.05) is 6.07 Å². The minimum atomic E-state index is -0.140. The summed E-state index contributed by atoms with van der Waals surface area (Å²) < 4.78 is 13.5. The number of fused-ring (bicyclic) bond motifs is 3. The molecule has 1 aromatic carbocycles. The number of aromatic amines is 1. The Hall–Kier alpha value is -1.39. The Morgan fingerprint density at radius 3 is 2.91 bits per heavy atom. The first-order valence-electron chi connectivity index (χ1n) is 8.55. The van der Waals surface area contributed by atoms with Gasteiger partial charge in [0.25, 0.3) is 0 Å². The molecule has 0 spiro atoms. The first-order valence-corrected chi connectivity index (χ1v) is 8.55. The van der Waals surface area contributed by atoms with Crippen LogP contribution in [0.2, 0.25) is 0 Å². The largest absolute Gasteiger partial charge is 0.357 e. The summed E-state index contributed by atoms with van der Waals surface area (Å²) in [5.74, 6) is 0.646. The Morgan fingerprint density at radius 2 is 2.05 bits per heavy atom. The molecule has 0 bridgehead atoms. The van der Waals surface area contributed by atoms with Crippen LogP contribution in [0.25, 0.3) is 10.9 Å². The highest BCUT2D eigenvalue weighted by Gasteiger charge is 2.25. The number of hydrogen-bond donors (Lipinski definition) is 3. The molecule has 0 radical (unpaired) electrons. The van der Waals surface area contributed by atoms with Crippen molar-refractivity contribution >= 4 is 10.9 Å². The van der Waals surface area contributed by atoms with E-state index in [1.165, 1.54) is 36.9 Å². The van der Waals surface area contributed by atoms with Gasteiger partial charge >= 0.3 is 0 Å². The van der Waals surface area contributed by atoms with Crippen molar-refractivity contribution in [2.45, 2.75) is 38.1 Å². The quantitative estimate of drug-likeness (QED) is 0.814. The fraction of sp³-hybridized carbons (Fsp3) is 0.556. The molecule has 2 aromatic rings. The molecule has 0 amide bonds. The van der Waals surface area contributed by atoms with Crippen molar-refractivity contribution < 1.29 is 4.39 Å². The molecule has 1 fully saturated rings. The van der Waals surface area contributed by atoms with Gasteiger partial charge in [-0.1, -0.05) is 0 Å². The molecule has 1 saturated heterocycles. The van der Waals surface area contributed by atoms with E-state index in [2.05, 4.69) is 15.6 Å². The molecule has 1 aromatic heterocycles. The number of halogens is 1. The predicted molar refractivity (Wildman–Crippen MR) is 87.5 cm³/mol. The third-order valence-electron chi connectivity index (χ3n) is 5.28. The molecule has 22 heavy (non-hydrogen) atoms. The molecular formula is C18H24FN3. The summed E-state index contributed by atoms with van der Waals surface area (Å²) in [5.41, 5.74) is 3.69. The zero-order valence-corrected chi connectivity index (χ0v) is 12.9. The van der Waals surface area contributed by atoms with E-state index in [0.29, 0.717) is 6.04 Å². The van der Waals surface area contributed by atoms with Gasteiger partial charge in [0, 0.05) is 22.6 Å². The number of hydrogen-bond acceptors (Lipinski definition) is 2. The fourth-order valence-corrected chi connectivity index (χ4v) is 4.03. The molecule has 4 heteroatoms. The number of nitrogens with one attached hydrogen (secondary N) is 3. The standard InChI is InChI=1S/C18H24FN3/c19-13-4-5-16-15(10-13)14-2-1-3-17(18(14)22-16)21-11-12-6-8-20-9-7-12/h4-5,10,12,17,20-22H,1-3,6-9,11H2. The summed E-state index contributed by atoms with van der Waals surface area (Å²) >= 11 is 0. The van der Waals surface area contributed by atoms with E-state index >= 15 is 0 Å². The average Bonchev–Trinajstić information content (AvgIpc) is 2.92. The molecule has 1 atom stereocenters. The van der Waals surface area contributed by atoms with Crippen molar-refractivity contribution in [2.75, 3.05) is 19.6 Å². The highest BCUT2D eigenvalue weighted by molar-refractivity contribution is 5.85. The van der Waals surface area contributed by atoms with Gasteiger partial charge in [0.05, 0.1) is 0 Å². The number of aryl methyl sites for hydroxylation is 1. The van der Waals surface area contributed by atoms with Crippen molar-refractivity contribution in [1.82, 2.24) is 15.6 Å². The fourth-order valence-electron chi connectivity index (χ4n) is 4.03. The Morgan fingerprint density at radius 1 is 1.18 bits per heavy atom. The molecule has 1 unspecified atom stereocenters. The van der Waals surface area contributed by atoms with Crippen molar-refractivity contribution in [1.29, 1.82) is 0 Å². The normalized spacial score (nSPS) is 22.9. The second kappa shape index (κ2) is 6.01. The number of benzene rings is 1. The Labute approximate surface area is 130 Å². The van der Waals surface area contributed by atoms with Crippen LogP contribution >= 0.6 is 0 Å². The lowest BCUT2D eigenvalue weighted by atomic mass is 9.90. The minimum absolute atomic E-state index is 0.140. The Balaban J connectivity index is 1.55. The molecule has 0 saturated carbocycles. The summed E-state index contributed by atoms with van der Waals surface area (Å²) in [6.45, 7) is 3.39. The maximum Gasteiger partial charge on any atom is 0.123 e. The SMILES string of the molecule is Fc1ccc2[nH]c3c(c2c1)CCCC3NCC1CCNCC1. The number of aromatic nitrogens is 1. The highest BCUT2D eigenvalue weighted by Crippen LogP contribution is 2.35. The van der Waals surface area contributed by atoms with Gasteiger partial charge in [0.2, 0.25) is 0 Å². The van der Waals surface area contributed by atoms with E-state index in [9.17, 15) is 4.39 Å². The van der Waals surface area contributed by atoms with Gasteiger partial charge in [-0.25, -0.2) is 4.39 Å². The third-order valence-corrected chi connectivity index (χ3v) is 5.28. The van der Waals surface area contributed by atoms with Crippen molar-refractivity contribution in [3.63, 3.8) is 0 Å². The monoisotopic (exact) mass is 301 g/mol. The zero-order chi connectivity index (χ0) is 14.9. The summed E-state index contributed by atoms with van der Waals surface area (Å²) in [7, 11) is 0. The van der Waals surface area contributed by atoms with Crippen LogP contribution in [0.4, 0.5) is 4.39 Å². The van der Waals surface area contributed by atoms with E-state index in [0.717, 1.165) is 42.9 Å². The molecule has 1 aliphatic heterocycles. The molecule has 3 nitrogen and oxygen atoms in total. The first-order chi connectivity index (χ1) is 10.8. The number of rotatable bonds is 3. The first kappa shape index (κ1) is 14.2. The molecule has 1 aliphatic carbocycles. The van der Waals surface area contributed by atoms with Crippen molar-refractivity contribution in [3.05, 3.63) is 35.3 Å². The average molecular weight is 301 g/mol. The number of H-pyrrole nitrogens is 1. The van der Waals surface area contributed by atoms with Gasteiger partial charge < -0.3 is 15.6 Å². The topological polar surface area (TPSA) is 39.9 Å². The molecule has 2 heterocycles. The van der Waals surface area contributed by atoms with E-state index in [1.54, 1.807) is 12.1 Å². The van der Waals surface area contributed by atoms with Crippen molar-refractivity contribution in [3.8, 4) is 0 Å². The predicted octanol–water partition coefficient (Wildman–Crippen LogP) is 3.27. The van der Waals surface area contributed by atoms with Crippen LogP contribution in [-0.4, -0.2) is 24.6 Å². The summed E-state index contributed by atoms with van der Waals surface area (Å²) in [6.07, 6.45) is 5.95. The molecule has 4 rings (SSSR count). The second-order valence-corrected chi connectivity index (χ2v) is 6.75. The van der Waals surface area contributed by atoms with Crippen LogP contribution in [0.15, 0.2) is 18.2 Å². The van der Waals surface area contributed by atoms with Gasteiger partial charge in [-0.15, -0.1) is 0 Å². The maximum atomic E-state index is 13.5. The smallest absolute Gasteiger partial charge is 0.123 e. The summed E-state index contributed by atoms with van der Waals surface area (Å²) in [4.78, 5) is 3.54. The molecule has 3 N–H and O–H groups in total. The van der Waals surface area contributed by atoms with Crippen LogP contribution in [0.3, 0.4) is 0 Å². The van der Waals surface area contributed by atoms with Crippen LogP contribution in [0.1, 0.15) is 43.0 Å². The second-order valence-electron chi connectivity index (χ2n) is 6.75. The Bertz CT molecular complexity index is 658. The summed E-state index contributed by atoms with van der Waals surface area (Å²) in [6, 6.07) is 5.49. The van der Waals surface area contributed by atoms with Crippen LogP contribution in [0, 0.1) is 11.7 Å². The lowest BCUT2D eigenvalue weighted by Gasteiger charge is -2.28. The zero-order valence-electron chi connectivity index (χ0n) is 12.9. The van der Waals surface area contributed by atoms with E-state index in [-0.39, 0.29) is 5.82 Å². The van der Waals surface area contributed by atoms with Crippen LogP contribution < -0.4 is 10.6 Å². The van der Waals surface area contributed by atoms with E-state index < -0.39 is 0 Å². The van der Waals surface area contributed by atoms with Gasteiger partial charge in [-0.2, -0.15) is 0 Å². The van der Waals surface area contributed by atoms with Gasteiger partial charge in [-0.05, 0) is 81.4 Å². The van der Waals surface area contributed by atoms with Gasteiger partial charge in [0.15, 0.2) is 0 Å².